The van der Waals surface area contributed by atoms with Gasteiger partial charge in [-0.25, -0.2) is 0 Å². The summed E-state index contributed by atoms with van der Waals surface area (Å²) in [6.45, 7) is 4.70. The number of hydrogen-bond acceptors (Lipinski definition) is 1. The van der Waals surface area contributed by atoms with Gasteiger partial charge in [0.2, 0.25) is 0 Å². The Labute approximate surface area is 284 Å². The summed E-state index contributed by atoms with van der Waals surface area (Å²) in [5, 5.41) is 2.56. The van der Waals surface area contributed by atoms with Crippen molar-refractivity contribution in [3.63, 3.8) is 0 Å². The molecule has 0 atom stereocenters. The van der Waals surface area contributed by atoms with Crippen molar-refractivity contribution in [1.82, 2.24) is 0 Å². The Balaban J connectivity index is 1.12. The third-order valence-corrected chi connectivity index (χ3v) is 10.3. The van der Waals surface area contributed by atoms with E-state index in [1.165, 1.54) is 61.0 Å². The SMILES string of the molecule is CCC1(CC)c2cc(/C=C/c3ccc(-c4cccc5ccccc45)cc3)ccc2-c2ccc(N(c3ccccc3)c3ccccc3)cc21. The standard InChI is InChI=1S/C47H39N/c1-3-47(4-2)45-32-35(23-22-34-24-27-37(28-25-34)42-21-13-15-36-14-11-12-20-41(36)42)26-30-43(45)44-31-29-40(33-46(44)47)48(38-16-7-5-8-17-38)39-18-9-6-10-19-39/h5-33H,3-4H2,1-2H3/b23-22+. The molecule has 1 nitrogen and oxygen atoms in total. The topological polar surface area (TPSA) is 3.24 Å². The molecule has 8 rings (SSSR count). The van der Waals surface area contributed by atoms with Crippen molar-refractivity contribution < 1.29 is 0 Å². The Hall–Kier alpha value is -5.66. The second-order valence-electron chi connectivity index (χ2n) is 12.8. The quantitative estimate of drug-likeness (QED) is 0.153. The van der Waals surface area contributed by atoms with Crippen molar-refractivity contribution >= 4 is 40.0 Å². The maximum Gasteiger partial charge on any atom is 0.0465 e. The zero-order chi connectivity index (χ0) is 32.5. The Kier molecular flexibility index (Phi) is 7.74. The molecule has 232 valence electrons. The van der Waals surface area contributed by atoms with Crippen molar-refractivity contribution in [3.8, 4) is 22.3 Å². The van der Waals surface area contributed by atoms with E-state index >= 15 is 0 Å². The van der Waals surface area contributed by atoms with E-state index in [1.54, 1.807) is 0 Å². The van der Waals surface area contributed by atoms with Crippen LogP contribution >= 0.6 is 0 Å². The lowest BCUT2D eigenvalue weighted by molar-refractivity contribution is 0.490. The number of rotatable bonds is 8. The molecule has 1 heteroatoms. The summed E-state index contributed by atoms with van der Waals surface area (Å²) < 4.78 is 0. The molecule has 0 heterocycles. The fourth-order valence-electron chi connectivity index (χ4n) is 7.80. The molecule has 48 heavy (non-hydrogen) atoms. The first kappa shape index (κ1) is 29.7. The van der Waals surface area contributed by atoms with Crippen LogP contribution in [0.15, 0.2) is 164 Å². The van der Waals surface area contributed by atoms with Crippen LogP contribution in [0.3, 0.4) is 0 Å². The van der Waals surface area contributed by atoms with E-state index in [2.05, 4.69) is 195 Å². The minimum absolute atomic E-state index is 0.0380. The normalized spacial score (nSPS) is 13.0. The highest BCUT2D eigenvalue weighted by Gasteiger charge is 2.41. The molecule has 0 N–H and O–H groups in total. The molecule has 1 aliphatic rings. The van der Waals surface area contributed by atoms with Gasteiger partial charge in [0, 0.05) is 22.5 Å². The second-order valence-corrected chi connectivity index (χ2v) is 12.8. The predicted octanol–water partition coefficient (Wildman–Crippen LogP) is 13.2. The molecular formula is C47H39N. The lowest BCUT2D eigenvalue weighted by atomic mass is 9.73. The van der Waals surface area contributed by atoms with Crippen LogP contribution < -0.4 is 4.90 Å². The average molecular weight is 618 g/mol. The lowest BCUT2D eigenvalue weighted by Gasteiger charge is -2.32. The zero-order valence-electron chi connectivity index (χ0n) is 27.6. The summed E-state index contributed by atoms with van der Waals surface area (Å²) in [5.74, 6) is 0. The molecule has 0 amide bonds. The van der Waals surface area contributed by atoms with Gasteiger partial charge in [-0.1, -0.05) is 153 Å². The molecule has 0 unspecified atom stereocenters. The average Bonchev–Trinajstić information content (AvgIpc) is 3.43. The molecule has 0 aliphatic heterocycles. The van der Waals surface area contributed by atoms with Gasteiger partial charge in [0.05, 0.1) is 0 Å². The first-order chi connectivity index (χ1) is 23.7. The Bertz CT molecular complexity index is 2200. The van der Waals surface area contributed by atoms with E-state index < -0.39 is 0 Å². The van der Waals surface area contributed by atoms with Crippen LogP contribution in [0.4, 0.5) is 17.1 Å². The monoisotopic (exact) mass is 617 g/mol. The highest BCUT2D eigenvalue weighted by atomic mass is 15.1. The van der Waals surface area contributed by atoms with E-state index in [1.807, 2.05) is 0 Å². The molecule has 0 radical (unpaired) electrons. The van der Waals surface area contributed by atoms with E-state index in [9.17, 15) is 0 Å². The van der Waals surface area contributed by atoms with Gasteiger partial charge >= 0.3 is 0 Å². The van der Waals surface area contributed by atoms with E-state index in [-0.39, 0.29) is 5.41 Å². The molecule has 0 aromatic heterocycles. The summed E-state index contributed by atoms with van der Waals surface area (Å²) in [6, 6.07) is 59.6. The zero-order valence-corrected chi connectivity index (χ0v) is 27.6. The van der Waals surface area contributed by atoms with E-state index in [0.717, 1.165) is 24.2 Å². The number of benzene rings is 7. The van der Waals surface area contributed by atoms with Crippen molar-refractivity contribution in [2.45, 2.75) is 32.1 Å². The number of fused-ring (bicyclic) bond motifs is 4. The minimum Gasteiger partial charge on any atom is -0.310 e. The molecule has 0 saturated heterocycles. The first-order valence-corrected chi connectivity index (χ1v) is 17.1. The third kappa shape index (κ3) is 5.13. The van der Waals surface area contributed by atoms with Crippen LogP contribution in [0.2, 0.25) is 0 Å². The van der Waals surface area contributed by atoms with Gasteiger partial charge in [-0.3, -0.25) is 0 Å². The molecule has 7 aromatic carbocycles. The Morgan fingerprint density at radius 1 is 0.458 bits per heavy atom. The maximum atomic E-state index is 2.45. The van der Waals surface area contributed by atoms with Gasteiger partial charge in [-0.2, -0.15) is 0 Å². The highest BCUT2D eigenvalue weighted by molar-refractivity contribution is 5.96. The number of anilines is 3. The number of hydrogen-bond donors (Lipinski definition) is 0. The highest BCUT2D eigenvalue weighted by Crippen LogP contribution is 2.54. The van der Waals surface area contributed by atoms with Crippen LogP contribution in [0.1, 0.15) is 48.9 Å². The molecule has 1 aliphatic carbocycles. The summed E-state index contributed by atoms with van der Waals surface area (Å²) in [4.78, 5) is 2.37. The van der Waals surface area contributed by atoms with Crippen molar-refractivity contribution in [3.05, 3.63) is 186 Å². The Morgan fingerprint density at radius 3 is 1.71 bits per heavy atom. The molecule has 0 bridgehead atoms. The van der Waals surface area contributed by atoms with Gasteiger partial charge in [-0.15, -0.1) is 0 Å². The molecular weight excluding hydrogens is 579 g/mol. The summed E-state index contributed by atoms with van der Waals surface area (Å²) in [5.41, 5.74) is 14.0. The first-order valence-electron chi connectivity index (χ1n) is 17.1. The Morgan fingerprint density at radius 2 is 1.02 bits per heavy atom. The van der Waals surface area contributed by atoms with Gasteiger partial charge in [0.1, 0.15) is 0 Å². The molecule has 7 aromatic rings. The van der Waals surface area contributed by atoms with Crippen LogP contribution in [-0.4, -0.2) is 0 Å². The molecule has 0 fully saturated rings. The fraction of sp³-hybridized carbons (Fsp3) is 0.106. The minimum atomic E-state index is -0.0380. The number of para-hydroxylation sites is 2. The van der Waals surface area contributed by atoms with Crippen molar-refractivity contribution in [2.24, 2.45) is 0 Å². The van der Waals surface area contributed by atoms with Gasteiger partial charge in [-0.05, 0) is 105 Å². The van der Waals surface area contributed by atoms with Crippen LogP contribution in [0.5, 0.6) is 0 Å². The van der Waals surface area contributed by atoms with Gasteiger partial charge in [0.25, 0.3) is 0 Å². The van der Waals surface area contributed by atoms with Crippen LogP contribution in [0.25, 0.3) is 45.2 Å². The third-order valence-electron chi connectivity index (χ3n) is 10.3. The lowest BCUT2D eigenvalue weighted by Crippen LogP contribution is -2.23. The summed E-state index contributed by atoms with van der Waals surface area (Å²) in [7, 11) is 0. The van der Waals surface area contributed by atoms with Crippen molar-refractivity contribution in [1.29, 1.82) is 0 Å². The van der Waals surface area contributed by atoms with Crippen LogP contribution in [0, 0.1) is 0 Å². The largest absolute Gasteiger partial charge is 0.310 e. The smallest absolute Gasteiger partial charge is 0.0465 e. The number of nitrogens with zero attached hydrogens (tertiary/aromatic N) is 1. The van der Waals surface area contributed by atoms with E-state index in [4.69, 9.17) is 0 Å². The second kappa shape index (κ2) is 12.5. The van der Waals surface area contributed by atoms with E-state index in [0.29, 0.717) is 0 Å². The predicted molar refractivity (Wildman–Crippen MR) is 206 cm³/mol. The summed E-state index contributed by atoms with van der Waals surface area (Å²) in [6.07, 6.45) is 6.61. The van der Waals surface area contributed by atoms with Gasteiger partial charge in [0.15, 0.2) is 0 Å². The summed E-state index contributed by atoms with van der Waals surface area (Å²) >= 11 is 0. The maximum absolute atomic E-state index is 2.45. The molecule has 0 saturated carbocycles. The van der Waals surface area contributed by atoms with Gasteiger partial charge < -0.3 is 4.90 Å². The van der Waals surface area contributed by atoms with Crippen LogP contribution in [-0.2, 0) is 5.41 Å². The fourth-order valence-corrected chi connectivity index (χ4v) is 7.80. The molecule has 0 spiro atoms. The van der Waals surface area contributed by atoms with Crippen molar-refractivity contribution in [2.75, 3.05) is 4.90 Å².